The average Bonchev–Trinajstić information content (AvgIpc) is 2.77. The van der Waals surface area contributed by atoms with E-state index >= 15 is 0 Å². The molecule has 1 fully saturated rings. The van der Waals surface area contributed by atoms with Crippen molar-refractivity contribution >= 4 is 5.91 Å². The quantitative estimate of drug-likeness (QED) is 0.566. The zero-order valence-corrected chi connectivity index (χ0v) is 9.31. The number of quaternary nitrogens is 1. The van der Waals surface area contributed by atoms with E-state index < -0.39 is 4.65 Å². The summed E-state index contributed by atoms with van der Waals surface area (Å²) >= 11 is 0. The Morgan fingerprint density at radius 3 is 2.31 bits per heavy atom. The van der Waals surface area contributed by atoms with Crippen LogP contribution >= 0.6 is 0 Å². The highest BCUT2D eigenvalue weighted by molar-refractivity contribution is 5.89. The lowest BCUT2D eigenvalue weighted by atomic mass is 10.2. The molecule has 0 aromatic heterocycles. The van der Waals surface area contributed by atoms with Gasteiger partial charge >= 0.3 is 5.91 Å². The lowest BCUT2D eigenvalue weighted by Gasteiger charge is -2.34. The third-order valence-electron chi connectivity index (χ3n) is 3.00. The van der Waals surface area contributed by atoms with Gasteiger partial charge in [-0.15, -0.1) is 0 Å². The molecule has 1 heterocycles. The lowest BCUT2D eigenvalue weighted by molar-refractivity contribution is -0.783. The van der Waals surface area contributed by atoms with Gasteiger partial charge in [-0.05, 0) is 24.3 Å². The third kappa shape index (κ3) is 1.94. The summed E-state index contributed by atoms with van der Waals surface area (Å²) in [4.78, 5) is 12.0. The van der Waals surface area contributed by atoms with Crippen LogP contribution in [0.15, 0.2) is 24.3 Å². The van der Waals surface area contributed by atoms with Crippen molar-refractivity contribution in [2.24, 2.45) is 0 Å². The predicted octanol–water partition coefficient (Wildman–Crippen LogP) is 1.94. The Labute approximate surface area is 94.6 Å². The van der Waals surface area contributed by atoms with Crippen LogP contribution in [-0.2, 0) is 0 Å². The maximum absolute atomic E-state index is 12.1. The van der Waals surface area contributed by atoms with Gasteiger partial charge in [0.1, 0.15) is 5.75 Å². The number of amides is 1. The van der Waals surface area contributed by atoms with E-state index in [2.05, 4.69) is 0 Å². The van der Waals surface area contributed by atoms with Crippen molar-refractivity contribution in [3.8, 4) is 5.75 Å². The first-order valence-corrected chi connectivity index (χ1v) is 5.43. The highest BCUT2D eigenvalue weighted by atomic mass is 16.6. The maximum atomic E-state index is 12.1. The fourth-order valence-electron chi connectivity index (χ4n) is 2.02. The van der Waals surface area contributed by atoms with Crippen LogP contribution in [0.25, 0.3) is 0 Å². The summed E-state index contributed by atoms with van der Waals surface area (Å²) in [5, 5.41) is 12.1. The van der Waals surface area contributed by atoms with Crippen LogP contribution in [0.4, 0.5) is 0 Å². The van der Waals surface area contributed by atoms with E-state index in [1.807, 2.05) is 0 Å². The number of hydrogen-bond donors (Lipinski definition) is 0. The molecule has 0 unspecified atom stereocenters. The van der Waals surface area contributed by atoms with Crippen molar-refractivity contribution in [2.75, 3.05) is 20.2 Å². The van der Waals surface area contributed by atoms with Crippen molar-refractivity contribution in [3.63, 3.8) is 0 Å². The Morgan fingerprint density at radius 1 is 1.25 bits per heavy atom. The Kier molecular flexibility index (Phi) is 2.94. The summed E-state index contributed by atoms with van der Waals surface area (Å²) in [6.07, 6.45) is 1.68. The van der Waals surface area contributed by atoms with E-state index in [0.717, 1.165) is 12.8 Å². The number of nitrogens with zero attached hydrogens (tertiary/aromatic N) is 1. The van der Waals surface area contributed by atoms with Gasteiger partial charge in [-0.25, -0.2) is 4.79 Å². The first-order valence-electron chi connectivity index (χ1n) is 5.43. The van der Waals surface area contributed by atoms with Gasteiger partial charge in [-0.3, -0.25) is 4.65 Å². The van der Waals surface area contributed by atoms with E-state index in [-0.39, 0.29) is 5.91 Å². The van der Waals surface area contributed by atoms with Gasteiger partial charge in [-0.1, -0.05) is 0 Å². The monoisotopic (exact) mass is 221 g/mol. The van der Waals surface area contributed by atoms with Crippen molar-refractivity contribution in [2.45, 2.75) is 12.8 Å². The van der Waals surface area contributed by atoms with Crippen LogP contribution in [0.1, 0.15) is 23.2 Å². The molecule has 0 radical (unpaired) electrons. The zero-order valence-electron chi connectivity index (χ0n) is 9.31. The summed E-state index contributed by atoms with van der Waals surface area (Å²) in [6, 6.07) is 6.71. The maximum Gasteiger partial charge on any atom is 0.345 e. The summed E-state index contributed by atoms with van der Waals surface area (Å²) in [5.74, 6) is 0.357. The van der Waals surface area contributed by atoms with Gasteiger partial charge in [0.15, 0.2) is 0 Å². The number of benzene rings is 1. The molecule has 1 amide bonds. The standard InChI is InChI=1S/C12H15NO3/c1-16-11-6-4-10(5-7-11)12(14)13(15)8-2-3-9-13/h4-7H,2-3,8-9H2,1H3. The largest absolute Gasteiger partial charge is 0.625 e. The molecule has 1 aliphatic rings. The summed E-state index contributed by atoms with van der Waals surface area (Å²) in [7, 11) is 1.57. The Bertz CT molecular complexity index is 380. The molecule has 2 rings (SSSR count). The molecule has 4 nitrogen and oxygen atoms in total. The number of hydroxylamine groups is 3. The molecule has 1 aromatic carbocycles. The molecule has 4 heteroatoms. The first kappa shape index (κ1) is 11.1. The van der Waals surface area contributed by atoms with Crippen LogP contribution in [0, 0.1) is 5.21 Å². The Balaban J connectivity index is 2.20. The van der Waals surface area contributed by atoms with Crippen LogP contribution < -0.4 is 4.74 Å². The molecule has 0 bridgehead atoms. The molecular formula is C12H15NO3. The Hall–Kier alpha value is -1.39. The number of methoxy groups -OCH3 is 1. The molecule has 0 aliphatic carbocycles. The average molecular weight is 221 g/mol. The minimum atomic E-state index is -0.702. The van der Waals surface area contributed by atoms with Gasteiger partial charge in [0.25, 0.3) is 0 Å². The van der Waals surface area contributed by atoms with E-state index in [1.54, 1.807) is 31.4 Å². The number of likely N-dealkylation sites (tertiary alicyclic amines) is 1. The second kappa shape index (κ2) is 4.23. The first-order chi connectivity index (χ1) is 7.65. The molecule has 0 N–H and O–H groups in total. The van der Waals surface area contributed by atoms with Crippen LogP contribution in [0.5, 0.6) is 5.75 Å². The van der Waals surface area contributed by atoms with E-state index in [4.69, 9.17) is 4.74 Å². The molecule has 16 heavy (non-hydrogen) atoms. The topological polar surface area (TPSA) is 49.4 Å². The minimum absolute atomic E-state index is 0.333. The zero-order chi connectivity index (χ0) is 11.6. The SMILES string of the molecule is COc1ccc(C(=O)[N+]2([O-])CCCC2)cc1. The highest BCUT2D eigenvalue weighted by Gasteiger charge is 2.32. The molecule has 0 spiro atoms. The Morgan fingerprint density at radius 2 is 1.81 bits per heavy atom. The normalized spacial score (nSPS) is 18.4. The fourth-order valence-corrected chi connectivity index (χ4v) is 2.02. The van der Waals surface area contributed by atoms with Crippen molar-refractivity contribution in [3.05, 3.63) is 35.0 Å². The van der Waals surface area contributed by atoms with E-state index in [1.165, 1.54) is 0 Å². The summed E-state index contributed by atoms with van der Waals surface area (Å²) < 4.78 is 4.30. The second-order valence-corrected chi connectivity index (χ2v) is 4.08. The van der Waals surface area contributed by atoms with E-state index in [0.29, 0.717) is 24.4 Å². The van der Waals surface area contributed by atoms with Crippen LogP contribution in [0.2, 0.25) is 0 Å². The van der Waals surface area contributed by atoms with Gasteiger partial charge in [0.2, 0.25) is 0 Å². The van der Waals surface area contributed by atoms with Crippen molar-refractivity contribution < 1.29 is 14.2 Å². The predicted molar refractivity (Wildman–Crippen MR) is 59.9 cm³/mol. The van der Waals surface area contributed by atoms with Crippen molar-refractivity contribution in [1.29, 1.82) is 0 Å². The molecule has 86 valence electrons. The third-order valence-corrected chi connectivity index (χ3v) is 3.00. The summed E-state index contributed by atoms with van der Waals surface area (Å²) in [5.41, 5.74) is 0.470. The molecular weight excluding hydrogens is 206 g/mol. The number of rotatable bonds is 2. The lowest BCUT2D eigenvalue weighted by Crippen LogP contribution is -2.44. The number of ether oxygens (including phenoxy) is 1. The molecule has 1 aromatic rings. The van der Waals surface area contributed by atoms with Gasteiger partial charge < -0.3 is 9.94 Å². The highest BCUT2D eigenvalue weighted by Crippen LogP contribution is 2.22. The van der Waals surface area contributed by atoms with Gasteiger partial charge in [0, 0.05) is 12.8 Å². The van der Waals surface area contributed by atoms with E-state index in [9.17, 15) is 10.0 Å². The molecule has 0 atom stereocenters. The second-order valence-electron chi connectivity index (χ2n) is 4.08. The molecule has 1 aliphatic heterocycles. The number of hydrogen-bond acceptors (Lipinski definition) is 3. The van der Waals surface area contributed by atoms with Gasteiger partial charge in [-0.2, -0.15) is 0 Å². The van der Waals surface area contributed by atoms with Crippen LogP contribution in [-0.4, -0.2) is 30.8 Å². The fraction of sp³-hybridized carbons (Fsp3) is 0.417. The number of carbonyl (C=O) groups is 1. The minimum Gasteiger partial charge on any atom is -0.625 e. The van der Waals surface area contributed by atoms with Crippen LogP contribution in [0.3, 0.4) is 0 Å². The smallest absolute Gasteiger partial charge is 0.345 e. The molecule has 0 saturated carbocycles. The van der Waals surface area contributed by atoms with Crippen molar-refractivity contribution in [1.82, 2.24) is 0 Å². The number of carbonyl (C=O) groups excluding carboxylic acids is 1. The molecule has 1 saturated heterocycles. The summed E-state index contributed by atoms with van der Waals surface area (Å²) in [6.45, 7) is 0.815. The van der Waals surface area contributed by atoms with Gasteiger partial charge in [0.05, 0.1) is 25.8 Å².